The maximum absolute atomic E-state index is 11.5. The lowest BCUT2D eigenvalue weighted by Gasteiger charge is -2.04. The van der Waals surface area contributed by atoms with Gasteiger partial charge in [-0.05, 0) is 44.4 Å². The third-order valence-electron chi connectivity index (χ3n) is 4.23. The fourth-order valence-corrected chi connectivity index (χ4v) is 2.68. The number of hydrogen-bond donors (Lipinski definition) is 2. The van der Waals surface area contributed by atoms with Crippen molar-refractivity contribution in [1.29, 1.82) is 0 Å². The summed E-state index contributed by atoms with van der Waals surface area (Å²) < 4.78 is 0. The van der Waals surface area contributed by atoms with Crippen LogP contribution in [-0.4, -0.2) is 23.5 Å². The van der Waals surface area contributed by atoms with Crippen molar-refractivity contribution in [3.05, 3.63) is 12.2 Å². The highest BCUT2D eigenvalue weighted by Gasteiger charge is 2.01. The Labute approximate surface area is 154 Å². The van der Waals surface area contributed by atoms with E-state index in [1.807, 2.05) is 0 Å². The third kappa shape index (κ3) is 20.6. The minimum atomic E-state index is -0.810. The van der Waals surface area contributed by atoms with Crippen LogP contribution in [0, 0.1) is 5.92 Å². The number of unbranched alkanes of at least 4 members (excludes halogenated alkanes) is 7. The summed E-state index contributed by atoms with van der Waals surface area (Å²) in [5, 5.41) is 11.3. The van der Waals surface area contributed by atoms with Crippen molar-refractivity contribution in [2.45, 2.75) is 97.3 Å². The number of carbonyl (C=O) groups excluding carboxylic acids is 1. The first-order valence-electron chi connectivity index (χ1n) is 10.2. The number of carboxylic acid groups (broad SMARTS) is 1. The highest BCUT2D eigenvalue weighted by molar-refractivity contribution is 5.75. The maximum Gasteiger partial charge on any atom is 0.303 e. The molecular formula is C21H39NO3. The number of amides is 1. The van der Waals surface area contributed by atoms with Crippen LogP contribution < -0.4 is 5.32 Å². The summed E-state index contributed by atoms with van der Waals surface area (Å²) in [6.45, 7) is 5.03. The fourth-order valence-electron chi connectivity index (χ4n) is 2.68. The molecular weight excluding hydrogens is 314 g/mol. The van der Waals surface area contributed by atoms with E-state index in [9.17, 15) is 9.59 Å². The van der Waals surface area contributed by atoms with E-state index in [4.69, 9.17) is 5.11 Å². The quantitative estimate of drug-likeness (QED) is 0.269. The molecule has 25 heavy (non-hydrogen) atoms. The Balaban J connectivity index is 3.25. The van der Waals surface area contributed by atoms with Crippen LogP contribution in [0.15, 0.2) is 12.2 Å². The van der Waals surface area contributed by atoms with Crippen LogP contribution in [0.4, 0.5) is 0 Å². The molecule has 0 rings (SSSR count). The second-order valence-corrected chi connectivity index (χ2v) is 7.30. The minimum absolute atomic E-state index is 0.0470. The van der Waals surface area contributed by atoms with E-state index >= 15 is 0 Å². The number of carboxylic acids is 1. The Morgan fingerprint density at radius 1 is 0.840 bits per heavy atom. The number of allylic oxidation sites excluding steroid dienone is 2. The van der Waals surface area contributed by atoms with Gasteiger partial charge in [-0.1, -0.05) is 58.1 Å². The second-order valence-electron chi connectivity index (χ2n) is 7.30. The summed E-state index contributed by atoms with van der Waals surface area (Å²) >= 11 is 0. The second kappa shape index (κ2) is 17.5. The molecule has 0 aromatic heterocycles. The van der Waals surface area contributed by atoms with Gasteiger partial charge in [0.25, 0.3) is 0 Å². The SMILES string of the molecule is CC(C)CCCC/C=C\CCCCCCCC(=O)NCCCC(=O)O. The molecule has 0 saturated carbocycles. The van der Waals surface area contributed by atoms with Crippen molar-refractivity contribution in [2.75, 3.05) is 6.54 Å². The Morgan fingerprint density at radius 2 is 1.44 bits per heavy atom. The Hall–Kier alpha value is -1.32. The van der Waals surface area contributed by atoms with E-state index in [1.165, 1.54) is 51.4 Å². The first-order chi connectivity index (χ1) is 12.0. The summed E-state index contributed by atoms with van der Waals surface area (Å²) in [5.74, 6) is 0.0630. The monoisotopic (exact) mass is 353 g/mol. The number of nitrogens with one attached hydrogen (secondary N) is 1. The Bertz CT molecular complexity index is 364. The smallest absolute Gasteiger partial charge is 0.303 e. The zero-order valence-corrected chi connectivity index (χ0v) is 16.4. The molecule has 0 spiro atoms. The van der Waals surface area contributed by atoms with Gasteiger partial charge in [-0.25, -0.2) is 0 Å². The molecule has 0 radical (unpaired) electrons. The number of aliphatic carboxylic acids is 1. The van der Waals surface area contributed by atoms with Crippen molar-refractivity contribution in [2.24, 2.45) is 5.92 Å². The van der Waals surface area contributed by atoms with Gasteiger partial charge in [0.15, 0.2) is 0 Å². The molecule has 0 saturated heterocycles. The molecule has 0 aliphatic rings. The van der Waals surface area contributed by atoms with Crippen LogP contribution in [0.25, 0.3) is 0 Å². The van der Waals surface area contributed by atoms with Crippen LogP contribution in [0.1, 0.15) is 97.3 Å². The van der Waals surface area contributed by atoms with Crippen molar-refractivity contribution in [3.63, 3.8) is 0 Å². The van der Waals surface area contributed by atoms with Gasteiger partial charge >= 0.3 is 5.97 Å². The first kappa shape index (κ1) is 23.7. The van der Waals surface area contributed by atoms with Crippen molar-refractivity contribution >= 4 is 11.9 Å². The van der Waals surface area contributed by atoms with E-state index in [0.29, 0.717) is 19.4 Å². The molecule has 2 N–H and O–H groups in total. The van der Waals surface area contributed by atoms with Gasteiger partial charge < -0.3 is 10.4 Å². The molecule has 0 aliphatic carbocycles. The Kier molecular flexibility index (Phi) is 16.6. The lowest BCUT2D eigenvalue weighted by atomic mass is 10.0. The van der Waals surface area contributed by atoms with E-state index < -0.39 is 5.97 Å². The van der Waals surface area contributed by atoms with Crippen molar-refractivity contribution in [1.82, 2.24) is 5.32 Å². The predicted molar refractivity (Wildman–Crippen MR) is 105 cm³/mol. The topological polar surface area (TPSA) is 66.4 Å². The maximum atomic E-state index is 11.5. The predicted octanol–water partition coefficient (Wildman–Crippen LogP) is 5.47. The fraction of sp³-hybridized carbons (Fsp3) is 0.810. The average Bonchev–Trinajstić information content (AvgIpc) is 2.55. The van der Waals surface area contributed by atoms with Gasteiger partial charge in [-0.3, -0.25) is 9.59 Å². The lowest BCUT2D eigenvalue weighted by Crippen LogP contribution is -2.24. The normalized spacial score (nSPS) is 11.3. The largest absolute Gasteiger partial charge is 0.481 e. The zero-order valence-electron chi connectivity index (χ0n) is 16.4. The molecule has 1 amide bonds. The average molecular weight is 354 g/mol. The van der Waals surface area contributed by atoms with Gasteiger partial charge in [-0.15, -0.1) is 0 Å². The standard InChI is InChI=1S/C21H39NO3/c1-19(2)15-12-10-8-6-4-3-5-7-9-11-13-16-20(23)22-18-14-17-21(24)25/h4,6,19H,3,5,7-18H2,1-2H3,(H,22,23)(H,24,25)/b6-4-. The molecule has 4 nitrogen and oxygen atoms in total. The summed E-state index contributed by atoms with van der Waals surface area (Å²) in [5.41, 5.74) is 0. The van der Waals surface area contributed by atoms with Gasteiger partial charge in [0.05, 0.1) is 0 Å². The van der Waals surface area contributed by atoms with Crippen LogP contribution >= 0.6 is 0 Å². The van der Waals surface area contributed by atoms with E-state index in [0.717, 1.165) is 18.8 Å². The highest BCUT2D eigenvalue weighted by Crippen LogP contribution is 2.10. The molecule has 0 aromatic rings. The molecule has 0 heterocycles. The molecule has 0 fully saturated rings. The van der Waals surface area contributed by atoms with Gasteiger partial charge in [0, 0.05) is 19.4 Å². The summed E-state index contributed by atoms with van der Waals surface area (Å²) in [6, 6.07) is 0. The number of hydrogen-bond acceptors (Lipinski definition) is 2. The molecule has 0 bridgehead atoms. The molecule has 146 valence electrons. The molecule has 4 heteroatoms. The minimum Gasteiger partial charge on any atom is -0.481 e. The van der Waals surface area contributed by atoms with E-state index in [1.54, 1.807) is 0 Å². The van der Waals surface area contributed by atoms with Crippen LogP contribution in [0.3, 0.4) is 0 Å². The van der Waals surface area contributed by atoms with Gasteiger partial charge in [0.2, 0.25) is 5.91 Å². The van der Waals surface area contributed by atoms with Gasteiger partial charge in [-0.2, -0.15) is 0 Å². The third-order valence-corrected chi connectivity index (χ3v) is 4.23. The molecule has 0 aliphatic heterocycles. The summed E-state index contributed by atoms with van der Waals surface area (Å²) in [6.07, 6.45) is 17.9. The highest BCUT2D eigenvalue weighted by atomic mass is 16.4. The molecule has 0 aromatic carbocycles. The molecule has 0 unspecified atom stereocenters. The zero-order chi connectivity index (χ0) is 18.8. The summed E-state index contributed by atoms with van der Waals surface area (Å²) in [7, 11) is 0. The van der Waals surface area contributed by atoms with Gasteiger partial charge in [0.1, 0.15) is 0 Å². The van der Waals surface area contributed by atoms with Crippen molar-refractivity contribution in [3.8, 4) is 0 Å². The number of carbonyl (C=O) groups is 2. The molecule has 0 atom stereocenters. The van der Waals surface area contributed by atoms with E-state index in [2.05, 4.69) is 31.3 Å². The Morgan fingerprint density at radius 3 is 2.08 bits per heavy atom. The van der Waals surface area contributed by atoms with E-state index in [-0.39, 0.29) is 12.3 Å². The first-order valence-corrected chi connectivity index (χ1v) is 10.2. The van der Waals surface area contributed by atoms with Crippen LogP contribution in [0.5, 0.6) is 0 Å². The van der Waals surface area contributed by atoms with Crippen LogP contribution in [0.2, 0.25) is 0 Å². The summed E-state index contributed by atoms with van der Waals surface area (Å²) in [4.78, 5) is 21.9. The lowest BCUT2D eigenvalue weighted by molar-refractivity contribution is -0.137. The number of rotatable bonds is 17. The van der Waals surface area contributed by atoms with Crippen LogP contribution in [-0.2, 0) is 9.59 Å². The van der Waals surface area contributed by atoms with Crippen molar-refractivity contribution < 1.29 is 14.7 Å².